The van der Waals surface area contributed by atoms with Crippen molar-refractivity contribution >= 4 is 16.9 Å². The number of amides is 1. The van der Waals surface area contributed by atoms with E-state index in [2.05, 4.69) is 9.97 Å². The molecule has 4 rings (SSSR count). The molecule has 0 saturated carbocycles. The van der Waals surface area contributed by atoms with E-state index in [9.17, 15) is 4.79 Å². The molecule has 24 heavy (non-hydrogen) atoms. The number of nitrogens with one attached hydrogen (secondary N) is 1. The Balaban J connectivity index is 1.56. The monoisotopic (exact) mass is 325 g/mol. The largest absolute Gasteiger partial charge is 0.461 e. The summed E-state index contributed by atoms with van der Waals surface area (Å²) in [5, 5.41) is 0.949. The second-order valence-electron chi connectivity index (χ2n) is 6.17. The lowest BCUT2D eigenvalue weighted by Crippen LogP contribution is -2.42. The van der Waals surface area contributed by atoms with Gasteiger partial charge in [-0.25, -0.2) is 4.98 Å². The van der Waals surface area contributed by atoms with E-state index >= 15 is 0 Å². The van der Waals surface area contributed by atoms with E-state index in [0.29, 0.717) is 25.3 Å². The van der Waals surface area contributed by atoms with Gasteiger partial charge in [-0.05, 0) is 38.1 Å². The summed E-state index contributed by atoms with van der Waals surface area (Å²) < 4.78 is 11.3. The maximum Gasteiger partial charge on any atom is 0.254 e. The number of aryl methyl sites for hydroxylation is 2. The molecular formula is C18H19N3O3. The van der Waals surface area contributed by atoms with Crippen LogP contribution >= 0.6 is 0 Å². The lowest BCUT2D eigenvalue weighted by atomic mass is 10.1. The van der Waals surface area contributed by atoms with E-state index in [0.717, 1.165) is 28.2 Å². The second kappa shape index (κ2) is 5.79. The number of benzene rings is 1. The van der Waals surface area contributed by atoms with Crippen molar-refractivity contribution < 1.29 is 13.9 Å². The van der Waals surface area contributed by atoms with E-state index in [1.807, 2.05) is 43.0 Å². The molecule has 1 unspecified atom stereocenters. The molecule has 1 fully saturated rings. The number of hydrogen-bond donors (Lipinski definition) is 1. The third-order valence-electron chi connectivity index (χ3n) is 4.27. The van der Waals surface area contributed by atoms with Gasteiger partial charge in [0.25, 0.3) is 5.91 Å². The number of morpholine rings is 1. The fourth-order valence-corrected chi connectivity index (χ4v) is 3.09. The lowest BCUT2D eigenvalue weighted by Gasteiger charge is -2.32. The van der Waals surface area contributed by atoms with Gasteiger partial charge in [-0.15, -0.1) is 0 Å². The topological polar surface area (TPSA) is 71.4 Å². The molecule has 6 nitrogen and oxygen atoms in total. The number of hydrogen-bond acceptors (Lipinski definition) is 4. The molecule has 0 bridgehead atoms. The summed E-state index contributed by atoms with van der Waals surface area (Å²) in [7, 11) is 0. The number of ether oxygens (including phenoxy) is 1. The minimum atomic E-state index is -0.212. The Hall–Kier alpha value is -2.60. The minimum absolute atomic E-state index is 0.00679. The first-order chi connectivity index (χ1) is 11.6. The highest BCUT2D eigenvalue weighted by molar-refractivity contribution is 5.97. The number of carbonyl (C=O) groups excluding carboxylic acids is 1. The van der Waals surface area contributed by atoms with E-state index in [4.69, 9.17) is 9.15 Å². The van der Waals surface area contributed by atoms with E-state index in [1.54, 1.807) is 6.20 Å². The number of aromatic nitrogens is 2. The molecule has 1 atom stereocenters. The van der Waals surface area contributed by atoms with Crippen LogP contribution in [-0.4, -0.2) is 40.5 Å². The number of fused-ring (bicyclic) bond motifs is 1. The summed E-state index contributed by atoms with van der Waals surface area (Å²) in [6.45, 7) is 5.43. The van der Waals surface area contributed by atoms with Crippen molar-refractivity contribution in [1.29, 1.82) is 0 Å². The van der Waals surface area contributed by atoms with Crippen LogP contribution in [0.4, 0.5) is 0 Å². The van der Waals surface area contributed by atoms with Gasteiger partial charge in [0.15, 0.2) is 0 Å². The van der Waals surface area contributed by atoms with Crippen molar-refractivity contribution in [3.05, 3.63) is 53.3 Å². The van der Waals surface area contributed by atoms with Gasteiger partial charge in [0.1, 0.15) is 23.3 Å². The highest BCUT2D eigenvalue weighted by Gasteiger charge is 2.28. The second-order valence-corrected chi connectivity index (χ2v) is 6.17. The van der Waals surface area contributed by atoms with Gasteiger partial charge in [-0.3, -0.25) is 4.79 Å². The first-order valence-electron chi connectivity index (χ1n) is 8.03. The van der Waals surface area contributed by atoms with Gasteiger partial charge in [0.2, 0.25) is 0 Å². The Bertz CT molecular complexity index is 896. The number of imidazole rings is 1. The van der Waals surface area contributed by atoms with Crippen LogP contribution in [0.5, 0.6) is 0 Å². The number of rotatable bonds is 2. The van der Waals surface area contributed by atoms with Gasteiger partial charge >= 0.3 is 0 Å². The van der Waals surface area contributed by atoms with Crippen LogP contribution in [0.15, 0.2) is 34.9 Å². The van der Waals surface area contributed by atoms with Gasteiger partial charge < -0.3 is 19.0 Å². The number of aromatic amines is 1. The molecule has 1 N–H and O–H groups in total. The molecule has 3 aromatic rings. The quantitative estimate of drug-likeness (QED) is 0.786. The van der Waals surface area contributed by atoms with Crippen LogP contribution in [0, 0.1) is 13.8 Å². The summed E-state index contributed by atoms with van der Waals surface area (Å²) in [4.78, 5) is 22.2. The van der Waals surface area contributed by atoms with Gasteiger partial charge in [0, 0.05) is 29.4 Å². The maximum absolute atomic E-state index is 12.8. The Kier molecular flexibility index (Phi) is 3.61. The highest BCUT2D eigenvalue weighted by Crippen LogP contribution is 2.24. The van der Waals surface area contributed by atoms with Crippen LogP contribution < -0.4 is 0 Å². The average Bonchev–Trinajstić information content (AvgIpc) is 3.18. The zero-order valence-electron chi connectivity index (χ0n) is 13.7. The van der Waals surface area contributed by atoms with Crippen molar-refractivity contribution in [1.82, 2.24) is 14.9 Å². The van der Waals surface area contributed by atoms with Crippen molar-refractivity contribution in [2.24, 2.45) is 0 Å². The summed E-state index contributed by atoms with van der Waals surface area (Å²) >= 11 is 0. The van der Waals surface area contributed by atoms with Gasteiger partial charge in [-0.1, -0.05) is 0 Å². The Labute approximate surface area is 139 Å². The van der Waals surface area contributed by atoms with Crippen LogP contribution in [0.3, 0.4) is 0 Å². The van der Waals surface area contributed by atoms with E-state index < -0.39 is 0 Å². The summed E-state index contributed by atoms with van der Waals surface area (Å²) in [6.07, 6.45) is 1.56. The average molecular weight is 325 g/mol. The molecule has 1 saturated heterocycles. The van der Waals surface area contributed by atoms with Gasteiger partial charge in [-0.2, -0.15) is 0 Å². The molecule has 0 aliphatic carbocycles. The molecule has 0 spiro atoms. The van der Waals surface area contributed by atoms with Crippen LogP contribution in [-0.2, 0) is 4.74 Å². The van der Waals surface area contributed by atoms with Crippen LogP contribution in [0.1, 0.15) is 33.7 Å². The Morgan fingerprint density at radius 2 is 2.21 bits per heavy atom. The molecule has 1 aliphatic heterocycles. The van der Waals surface area contributed by atoms with Crippen LogP contribution in [0.2, 0.25) is 0 Å². The molecule has 6 heteroatoms. The highest BCUT2D eigenvalue weighted by atomic mass is 16.5. The first kappa shape index (κ1) is 15.0. The zero-order valence-corrected chi connectivity index (χ0v) is 13.7. The molecule has 1 amide bonds. The third-order valence-corrected chi connectivity index (χ3v) is 4.27. The van der Waals surface area contributed by atoms with Crippen molar-refractivity contribution in [3.63, 3.8) is 0 Å². The standard InChI is InChI=1S/C18H19N3O3/c1-11-9-19-17(20-11)16-10-21(5-6-23-16)18(22)13-3-4-15-14(8-13)7-12(2)24-15/h3-4,7-9,16H,5-6,10H2,1-2H3,(H,19,20). The number of H-pyrrole nitrogens is 1. The first-order valence-corrected chi connectivity index (χ1v) is 8.03. The number of furan rings is 1. The predicted octanol–water partition coefficient (Wildman–Crippen LogP) is 2.99. The maximum atomic E-state index is 12.8. The fourth-order valence-electron chi connectivity index (χ4n) is 3.09. The Morgan fingerprint density at radius 3 is 3.00 bits per heavy atom. The molecular weight excluding hydrogens is 306 g/mol. The third kappa shape index (κ3) is 2.69. The summed E-state index contributed by atoms with van der Waals surface area (Å²) in [5.74, 6) is 1.62. The number of nitrogens with zero attached hydrogens (tertiary/aromatic N) is 2. The fraction of sp³-hybridized carbons (Fsp3) is 0.333. The lowest BCUT2D eigenvalue weighted by molar-refractivity contribution is -0.0264. The predicted molar refractivity (Wildman–Crippen MR) is 88.9 cm³/mol. The summed E-state index contributed by atoms with van der Waals surface area (Å²) in [5.41, 5.74) is 2.45. The van der Waals surface area contributed by atoms with Crippen molar-refractivity contribution in [2.45, 2.75) is 20.0 Å². The molecule has 3 heterocycles. The molecule has 0 radical (unpaired) electrons. The minimum Gasteiger partial charge on any atom is -0.461 e. The number of carbonyl (C=O) groups is 1. The van der Waals surface area contributed by atoms with Crippen molar-refractivity contribution in [2.75, 3.05) is 19.7 Å². The smallest absolute Gasteiger partial charge is 0.254 e. The SMILES string of the molecule is Cc1cnc(C2CN(C(=O)c3ccc4oc(C)cc4c3)CCO2)[nH]1. The van der Waals surface area contributed by atoms with Crippen LogP contribution in [0.25, 0.3) is 11.0 Å². The Morgan fingerprint density at radius 1 is 1.33 bits per heavy atom. The normalized spacial score (nSPS) is 18.2. The van der Waals surface area contributed by atoms with Crippen molar-refractivity contribution in [3.8, 4) is 0 Å². The van der Waals surface area contributed by atoms with E-state index in [1.165, 1.54) is 0 Å². The summed E-state index contributed by atoms with van der Waals surface area (Å²) in [6, 6.07) is 7.49. The zero-order chi connectivity index (χ0) is 16.7. The molecule has 124 valence electrons. The molecule has 1 aromatic carbocycles. The molecule has 2 aromatic heterocycles. The molecule has 1 aliphatic rings. The van der Waals surface area contributed by atoms with E-state index in [-0.39, 0.29) is 12.0 Å². The van der Waals surface area contributed by atoms with Gasteiger partial charge in [0.05, 0.1) is 13.2 Å².